The monoisotopic (exact) mass is 566 g/mol. The SMILES string of the molecule is CCCCCCCCCCCCCCCCC(CC(O)CO)(CC(O)CO)C(=O)O.O=C(O)CC(O)C(=O)O. The summed E-state index contributed by atoms with van der Waals surface area (Å²) in [6, 6.07) is 0. The Morgan fingerprint density at radius 2 is 0.974 bits per heavy atom. The number of hydrogen-bond donors (Lipinski definition) is 8. The molecule has 0 saturated carbocycles. The number of aliphatic carboxylic acids is 3. The number of rotatable bonds is 25. The van der Waals surface area contributed by atoms with Crippen molar-refractivity contribution in [3.8, 4) is 0 Å². The van der Waals surface area contributed by atoms with Crippen molar-refractivity contribution in [2.75, 3.05) is 13.2 Å². The van der Waals surface area contributed by atoms with Crippen molar-refractivity contribution in [3.05, 3.63) is 0 Å². The molecule has 0 aliphatic rings. The highest BCUT2D eigenvalue weighted by atomic mass is 16.4. The van der Waals surface area contributed by atoms with Crippen LogP contribution in [0.3, 0.4) is 0 Å². The van der Waals surface area contributed by atoms with Gasteiger partial charge in [-0.2, -0.15) is 0 Å². The molecule has 0 spiro atoms. The third-order valence-electron chi connectivity index (χ3n) is 6.79. The largest absolute Gasteiger partial charge is 0.481 e. The number of hydrogen-bond acceptors (Lipinski definition) is 8. The van der Waals surface area contributed by atoms with Crippen LogP contribution in [0.2, 0.25) is 0 Å². The molecule has 0 aliphatic carbocycles. The van der Waals surface area contributed by atoms with Crippen molar-refractivity contribution in [1.82, 2.24) is 0 Å². The summed E-state index contributed by atoms with van der Waals surface area (Å²) < 4.78 is 0. The maximum Gasteiger partial charge on any atom is 0.333 e. The van der Waals surface area contributed by atoms with Crippen LogP contribution in [0.5, 0.6) is 0 Å². The van der Waals surface area contributed by atoms with Crippen molar-refractivity contribution in [1.29, 1.82) is 0 Å². The van der Waals surface area contributed by atoms with E-state index in [9.17, 15) is 29.7 Å². The van der Waals surface area contributed by atoms with E-state index in [1.807, 2.05) is 0 Å². The van der Waals surface area contributed by atoms with Gasteiger partial charge < -0.3 is 40.9 Å². The maximum absolute atomic E-state index is 11.9. The smallest absolute Gasteiger partial charge is 0.333 e. The average molecular weight is 567 g/mol. The van der Waals surface area contributed by atoms with E-state index in [-0.39, 0.29) is 12.8 Å². The Bertz CT molecular complexity index is 615. The van der Waals surface area contributed by atoms with Crippen LogP contribution in [0.4, 0.5) is 0 Å². The first kappa shape index (κ1) is 39.4. The minimum absolute atomic E-state index is 0.117. The number of unbranched alkanes of at least 4 members (excludes halogenated alkanes) is 13. The van der Waals surface area contributed by atoms with E-state index in [4.69, 9.17) is 25.5 Å². The predicted octanol–water partition coefficient (Wildman–Crippen LogP) is 3.32. The second-order valence-electron chi connectivity index (χ2n) is 10.5. The Hall–Kier alpha value is -1.79. The summed E-state index contributed by atoms with van der Waals surface area (Å²) in [7, 11) is 0. The molecule has 0 radical (unpaired) electrons. The number of carbonyl (C=O) groups is 3. The van der Waals surface area contributed by atoms with Crippen LogP contribution in [0, 0.1) is 5.41 Å². The van der Waals surface area contributed by atoms with Gasteiger partial charge in [-0.1, -0.05) is 96.8 Å². The standard InChI is InChI=1S/C24H48O6.C4H6O5/c1-2-3-4-5-6-7-8-9-10-11-12-13-14-15-16-24(23(29)30,17-21(27)19-25)18-22(28)20-26;5-2(4(8)9)1-3(6)7/h21-22,25-28H,2-20H2,1H3,(H,29,30);2,5H,1H2,(H,6,7)(H,8,9). The van der Waals surface area contributed by atoms with Crippen LogP contribution >= 0.6 is 0 Å². The number of aliphatic hydroxyl groups is 5. The second-order valence-corrected chi connectivity index (χ2v) is 10.5. The van der Waals surface area contributed by atoms with Gasteiger partial charge in [0.05, 0.1) is 37.3 Å². The molecule has 0 amide bonds. The average Bonchev–Trinajstić information content (AvgIpc) is 2.88. The molecule has 8 N–H and O–H groups in total. The van der Waals surface area contributed by atoms with E-state index in [2.05, 4.69) is 6.92 Å². The molecule has 39 heavy (non-hydrogen) atoms. The van der Waals surface area contributed by atoms with Crippen LogP contribution in [0.25, 0.3) is 0 Å². The lowest BCUT2D eigenvalue weighted by Crippen LogP contribution is -2.39. The van der Waals surface area contributed by atoms with Crippen LogP contribution in [0.1, 0.15) is 122 Å². The van der Waals surface area contributed by atoms with Crippen LogP contribution in [-0.4, -0.2) is 90.3 Å². The summed E-state index contributed by atoms with van der Waals surface area (Å²) in [6.45, 7) is 1.22. The zero-order valence-electron chi connectivity index (χ0n) is 23.7. The molecule has 11 nitrogen and oxygen atoms in total. The highest BCUT2D eigenvalue weighted by Gasteiger charge is 2.41. The number of aliphatic hydroxyl groups excluding tert-OH is 5. The van der Waals surface area contributed by atoms with Gasteiger partial charge in [-0.15, -0.1) is 0 Å². The van der Waals surface area contributed by atoms with Crippen molar-refractivity contribution in [2.24, 2.45) is 5.41 Å². The summed E-state index contributed by atoms with van der Waals surface area (Å²) in [5, 5.41) is 71.7. The fourth-order valence-corrected chi connectivity index (χ4v) is 4.51. The molecule has 0 fully saturated rings. The fraction of sp³-hybridized carbons (Fsp3) is 0.893. The zero-order valence-corrected chi connectivity index (χ0v) is 23.7. The van der Waals surface area contributed by atoms with E-state index in [1.165, 1.54) is 64.2 Å². The molecule has 0 aromatic heterocycles. The molecule has 0 aromatic carbocycles. The Balaban J connectivity index is 0. The molecule has 0 saturated heterocycles. The molecule has 3 unspecified atom stereocenters. The minimum atomic E-state index is -1.79. The van der Waals surface area contributed by atoms with Gasteiger partial charge in [0, 0.05) is 0 Å². The van der Waals surface area contributed by atoms with E-state index >= 15 is 0 Å². The van der Waals surface area contributed by atoms with Crippen molar-refractivity contribution in [2.45, 2.75) is 141 Å². The van der Waals surface area contributed by atoms with E-state index in [1.54, 1.807) is 0 Å². The van der Waals surface area contributed by atoms with Gasteiger partial charge in [0.25, 0.3) is 0 Å². The van der Waals surface area contributed by atoms with Gasteiger partial charge in [-0.05, 0) is 19.3 Å². The predicted molar refractivity (Wildman–Crippen MR) is 146 cm³/mol. The first-order valence-electron chi connectivity index (χ1n) is 14.4. The normalized spacial score (nSPS) is 14.9. The molecule has 0 rings (SSSR count). The Kier molecular flexibility index (Phi) is 25.4. The van der Waals surface area contributed by atoms with Gasteiger partial charge in [-0.25, -0.2) is 4.79 Å². The molecular formula is C28H54O11. The van der Waals surface area contributed by atoms with Gasteiger partial charge in [0.1, 0.15) is 0 Å². The third-order valence-corrected chi connectivity index (χ3v) is 6.79. The van der Waals surface area contributed by atoms with Crippen LogP contribution < -0.4 is 0 Å². The molecule has 3 atom stereocenters. The maximum atomic E-state index is 11.9. The van der Waals surface area contributed by atoms with Gasteiger partial charge >= 0.3 is 17.9 Å². The third kappa shape index (κ3) is 22.7. The lowest BCUT2D eigenvalue weighted by atomic mass is 9.73. The topological polar surface area (TPSA) is 213 Å². The quantitative estimate of drug-likeness (QED) is 0.0750. The molecule has 0 heterocycles. The van der Waals surface area contributed by atoms with Crippen molar-refractivity contribution in [3.63, 3.8) is 0 Å². The second kappa shape index (κ2) is 25.2. The van der Waals surface area contributed by atoms with Crippen LogP contribution in [0.15, 0.2) is 0 Å². The summed E-state index contributed by atoms with van der Waals surface area (Å²) in [6.07, 6.45) is 12.3. The summed E-state index contributed by atoms with van der Waals surface area (Å²) in [5.41, 5.74) is -1.32. The van der Waals surface area contributed by atoms with Gasteiger partial charge in [0.15, 0.2) is 6.10 Å². The first-order valence-corrected chi connectivity index (χ1v) is 14.4. The van der Waals surface area contributed by atoms with Crippen LogP contribution in [-0.2, 0) is 14.4 Å². The first-order chi connectivity index (χ1) is 18.4. The van der Waals surface area contributed by atoms with Crippen molar-refractivity contribution >= 4 is 17.9 Å². The summed E-state index contributed by atoms with van der Waals surface area (Å²) >= 11 is 0. The van der Waals surface area contributed by atoms with Gasteiger partial charge in [0.2, 0.25) is 0 Å². The summed E-state index contributed by atoms with van der Waals surface area (Å²) in [4.78, 5) is 31.3. The van der Waals surface area contributed by atoms with E-state index in [0.717, 1.165) is 19.3 Å². The fourth-order valence-electron chi connectivity index (χ4n) is 4.51. The Labute approximate surface area is 232 Å². The molecular weight excluding hydrogens is 512 g/mol. The summed E-state index contributed by atoms with van der Waals surface area (Å²) in [5.74, 6) is -3.93. The molecule has 232 valence electrons. The Morgan fingerprint density at radius 1 is 0.615 bits per heavy atom. The van der Waals surface area contributed by atoms with Crippen molar-refractivity contribution < 1.29 is 55.2 Å². The highest BCUT2D eigenvalue weighted by molar-refractivity contribution is 5.79. The molecule has 0 aliphatic heterocycles. The number of carboxylic acids is 3. The molecule has 0 bridgehead atoms. The Morgan fingerprint density at radius 3 is 1.23 bits per heavy atom. The number of carboxylic acid groups (broad SMARTS) is 3. The van der Waals surface area contributed by atoms with E-state index < -0.39 is 61.3 Å². The molecule has 0 aromatic rings. The van der Waals surface area contributed by atoms with E-state index in [0.29, 0.717) is 12.8 Å². The lowest BCUT2D eigenvalue weighted by molar-refractivity contribution is -0.155. The highest BCUT2D eigenvalue weighted by Crippen LogP contribution is 2.36. The lowest BCUT2D eigenvalue weighted by Gasteiger charge is -2.32. The minimum Gasteiger partial charge on any atom is -0.481 e. The zero-order chi connectivity index (χ0) is 30.1. The molecule has 11 heteroatoms. The van der Waals surface area contributed by atoms with Gasteiger partial charge in [-0.3, -0.25) is 9.59 Å².